The first-order valence-corrected chi connectivity index (χ1v) is 10.1. The van der Waals surface area contributed by atoms with Crippen LogP contribution >= 0.6 is 23.2 Å². The zero-order valence-electron chi connectivity index (χ0n) is 15.5. The van der Waals surface area contributed by atoms with Crippen molar-refractivity contribution in [3.05, 3.63) is 63.6 Å². The number of benzene rings is 2. The number of hydrogen-bond acceptors (Lipinski definition) is 4. The van der Waals surface area contributed by atoms with E-state index in [-0.39, 0.29) is 18.4 Å². The second-order valence-corrected chi connectivity index (χ2v) is 7.75. The predicted octanol–water partition coefficient (Wildman–Crippen LogP) is 3.50. The Balaban J connectivity index is 1.40. The van der Waals surface area contributed by atoms with E-state index in [2.05, 4.69) is 10.2 Å². The first-order valence-electron chi connectivity index (χ1n) is 9.32. The molecular weight excluding hydrogens is 399 g/mol. The highest BCUT2D eigenvalue weighted by molar-refractivity contribution is 6.42. The maximum Gasteiger partial charge on any atom is 0.225 e. The van der Waals surface area contributed by atoms with Crippen LogP contribution in [0.2, 0.25) is 10.0 Å². The second-order valence-electron chi connectivity index (χ2n) is 6.94. The lowest BCUT2D eigenvalue weighted by Gasteiger charge is -2.38. The summed E-state index contributed by atoms with van der Waals surface area (Å²) in [5.74, 6) is 0.919. The molecule has 7 heteroatoms. The van der Waals surface area contributed by atoms with Crippen LogP contribution in [0.3, 0.4) is 0 Å². The van der Waals surface area contributed by atoms with E-state index in [0.717, 1.165) is 30.9 Å². The van der Waals surface area contributed by atoms with Crippen LogP contribution in [0, 0.1) is 5.92 Å². The number of aliphatic hydroxyl groups is 1. The van der Waals surface area contributed by atoms with Gasteiger partial charge in [0.15, 0.2) is 0 Å². The maximum atomic E-state index is 11.9. The van der Waals surface area contributed by atoms with E-state index < -0.39 is 0 Å². The highest BCUT2D eigenvalue weighted by Gasteiger charge is 2.32. The van der Waals surface area contributed by atoms with Crippen LogP contribution in [-0.2, 0) is 17.9 Å². The van der Waals surface area contributed by atoms with Gasteiger partial charge in [0.2, 0.25) is 5.91 Å². The van der Waals surface area contributed by atoms with Crippen molar-refractivity contribution in [3.63, 3.8) is 0 Å². The first-order chi connectivity index (χ1) is 13.5. The molecule has 0 aliphatic carbocycles. The van der Waals surface area contributed by atoms with Gasteiger partial charge in [0.1, 0.15) is 12.4 Å². The molecule has 1 aliphatic heterocycles. The fourth-order valence-corrected chi connectivity index (χ4v) is 3.37. The molecule has 2 aromatic carbocycles. The number of amides is 1. The molecule has 28 heavy (non-hydrogen) atoms. The average Bonchev–Trinajstić information content (AvgIpc) is 2.66. The topological polar surface area (TPSA) is 61.8 Å². The standard InChI is InChI=1S/C21H24Cl2N2O3/c22-19-7-4-16(10-20(19)23)14-28-18-5-2-15(3-6-18)11-25-12-17(13-25)21(27)24-8-1-9-26/h2-7,10,17,26H,1,8-9,11-14H2,(H,24,27). The number of likely N-dealkylation sites (tertiary alicyclic amines) is 1. The Labute approximate surface area is 175 Å². The average molecular weight is 423 g/mol. The van der Waals surface area contributed by atoms with Crippen LogP contribution < -0.4 is 10.1 Å². The van der Waals surface area contributed by atoms with Crippen LogP contribution in [0.15, 0.2) is 42.5 Å². The van der Waals surface area contributed by atoms with E-state index in [1.165, 1.54) is 5.56 Å². The van der Waals surface area contributed by atoms with Crippen molar-refractivity contribution in [3.8, 4) is 5.75 Å². The molecule has 1 amide bonds. The lowest BCUT2D eigenvalue weighted by Crippen LogP contribution is -2.53. The van der Waals surface area contributed by atoms with Gasteiger partial charge in [-0.15, -0.1) is 0 Å². The Morgan fingerprint density at radius 1 is 1.11 bits per heavy atom. The van der Waals surface area contributed by atoms with Gasteiger partial charge in [-0.25, -0.2) is 0 Å². The number of carbonyl (C=O) groups is 1. The van der Waals surface area contributed by atoms with Crippen molar-refractivity contribution in [1.29, 1.82) is 0 Å². The lowest BCUT2D eigenvalue weighted by atomic mass is 9.98. The van der Waals surface area contributed by atoms with Crippen molar-refractivity contribution in [1.82, 2.24) is 10.2 Å². The SMILES string of the molecule is O=C(NCCCO)C1CN(Cc2ccc(OCc3ccc(Cl)c(Cl)c3)cc2)C1. The van der Waals surface area contributed by atoms with Gasteiger partial charge < -0.3 is 15.2 Å². The number of hydrogen-bond donors (Lipinski definition) is 2. The molecule has 5 nitrogen and oxygen atoms in total. The lowest BCUT2D eigenvalue weighted by molar-refractivity contribution is -0.130. The zero-order chi connectivity index (χ0) is 19.9. The third-order valence-electron chi connectivity index (χ3n) is 4.68. The van der Waals surface area contributed by atoms with Gasteiger partial charge in [-0.2, -0.15) is 0 Å². The summed E-state index contributed by atoms with van der Waals surface area (Å²) in [6.07, 6.45) is 0.599. The van der Waals surface area contributed by atoms with Crippen molar-refractivity contribution < 1.29 is 14.6 Å². The minimum Gasteiger partial charge on any atom is -0.489 e. The van der Waals surface area contributed by atoms with Gasteiger partial charge in [0.05, 0.1) is 16.0 Å². The van der Waals surface area contributed by atoms with Crippen LogP contribution in [0.4, 0.5) is 0 Å². The Morgan fingerprint density at radius 3 is 2.50 bits per heavy atom. The fraction of sp³-hybridized carbons (Fsp3) is 0.381. The van der Waals surface area contributed by atoms with Crippen molar-refractivity contribution in [2.45, 2.75) is 19.6 Å². The Hall–Kier alpha value is -1.79. The molecular formula is C21H24Cl2N2O3. The Bertz CT molecular complexity index is 793. The van der Waals surface area contributed by atoms with Crippen LogP contribution in [0.1, 0.15) is 17.5 Å². The monoisotopic (exact) mass is 422 g/mol. The Kier molecular flexibility index (Phi) is 7.57. The maximum absolute atomic E-state index is 11.9. The highest BCUT2D eigenvalue weighted by Crippen LogP contribution is 2.24. The summed E-state index contributed by atoms with van der Waals surface area (Å²) in [6, 6.07) is 13.4. The molecule has 0 aromatic heterocycles. The van der Waals surface area contributed by atoms with E-state index in [1.807, 2.05) is 30.3 Å². The van der Waals surface area contributed by atoms with Gasteiger partial charge in [-0.05, 0) is 41.8 Å². The molecule has 1 heterocycles. The minimum atomic E-state index is 0.0486. The molecule has 0 bridgehead atoms. The van der Waals surface area contributed by atoms with Crippen LogP contribution in [0.5, 0.6) is 5.75 Å². The first kappa shape index (κ1) is 20.9. The molecule has 0 saturated carbocycles. The number of ether oxygens (including phenoxy) is 1. The summed E-state index contributed by atoms with van der Waals surface area (Å²) in [6.45, 7) is 3.41. The van der Waals surface area contributed by atoms with Gasteiger partial charge in [-0.3, -0.25) is 9.69 Å². The number of halogens is 2. The second kappa shape index (κ2) is 10.1. The molecule has 2 aromatic rings. The van der Waals surface area contributed by atoms with E-state index >= 15 is 0 Å². The van der Waals surface area contributed by atoms with Gasteiger partial charge in [0, 0.05) is 32.8 Å². The molecule has 1 saturated heterocycles. The molecule has 1 fully saturated rings. The molecule has 0 radical (unpaired) electrons. The number of carbonyl (C=O) groups excluding carboxylic acids is 1. The third kappa shape index (κ3) is 5.85. The third-order valence-corrected chi connectivity index (χ3v) is 5.42. The van der Waals surface area contributed by atoms with Gasteiger partial charge >= 0.3 is 0 Å². The number of rotatable bonds is 9. The molecule has 150 valence electrons. The summed E-state index contributed by atoms with van der Waals surface area (Å²) in [5.41, 5.74) is 2.14. The summed E-state index contributed by atoms with van der Waals surface area (Å²) >= 11 is 11.9. The van der Waals surface area contributed by atoms with E-state index in [4.69, 9.17) is 33.0 Å². The van der Waals surface area contributed by atoms with Crippen LogP contribution in [-0.4, -0.2) is 42.2 Å². The van der Waals surface area contributed by atoms with Gasteiger partial charge in [-0.1, -0.05) is 41.4 Å². The molecule has 3 rings (SSSR count). The molecule has 0 spiro atoms. The number of nitrogens with zero attached hydrogens (tertiary/aromatic N) is 1. The quantitative estimate of drug-likeness (QED) is 0.607. The predicted molar refractivity (Wildman–Crippen MR) is 111 cm³/mol. The van der Waals surface area contributed by atoms with E-state index in [0.29, 0.717) is 29.6 Å². The summed E-state index contributed by atoms with van der Waals surface area (Å²) in [5, 5.41) is 12.7. The largest absolute Gasteiger partial charge is 0.489 e. The van der Waals surface area contributed by atoms with E-state index in [1.54, 1.807) is 12.1 Å². The number of aliphatic hydroxyl groups excluding tert-OH is 1. The number of nitrogens with one attached hydrogen (secondary N) is 1. The van der Waals surface area contributed by atoms with E-state index in [9.17, 15) is 4.79 Å². The molecule has 0 unspecified atom stereocenters. The van der Waals surface area contributed by atoms with Crippen molar-refractivity contribution in [2.75, 3.05) is 26.2 Å². The molecule has 1 aliphatic rings. The summed E-state index contributed by atoms with van der Waals surface area (Å²) in [7, 11) is 0. The zero-order valence-corrected chi connectivity index (χ0v) is 17.0. The smallest absolute Gasteiger partial charge is 0.225 e. The summed E-state index contributed by atoms with van der Waals surface area (Å²) < 4.78 is 5.80. The molecule has 2 N–H and O–H groups in total. The van der Waals surface area contributed by atoms with Crippen molar-refractivity contribution >= 4 is 29.1 Å². The van der Waals surface area contributed by atoms with Gasteiger partial charge in [0.25, 0.3) is 0 Å². The summed E-state index contributed by atoms with van der Waals surface area (Å²) in [4.78, 5) is 14.2. The minimum absolute atomic E-state index is 0.0486. The Morgan fingerprint density at radius 2 is 1.82 bits per heavy atom. The molecule has 0 atom stereocenters. The van der Waals surface area contributed by atoms with Crippen molar-refractivity contribution in [2.24, 2.45) is 5.92 Å². The highest BCUT2D eigenvalue weighted by atomic mass is 35.5. The fourth-order valence-electron chi connectivity index (χ4n) is 3.05. The normalized spacial score (nSPS) is 14.5. The van der Waals surface area contributed by atoms with Crippen LogP contribution in [0.25, 0.3) is 0 Å².